The number of nitrogens with zero attached hydrogens (tertiary/aromatic N) is 3. The van der Waals surface area contributed by atoms with Gasteiger partial charge in [0.05, 0.1) is 17.7 Å². The van der Waals surface area contributed by atoms with Crippen LogP contribution in [0.1, 0.15) is 35.6 Å². The van der Waals surface area contributed by atoms with E-state index in [0.29, 0.717) is 23.2 Å². The first-order chi connectivity index (χ1) is 11.7. The monoisotopic (exact) mass is 322 g/mol. The average Bonchev–Trinajstić information content (AvgIpc) is 2.92. The number of nitrogens with one attached hydrogen (secondary N) is 1. The molecule has 1 aromatic heterocycles. The van der Waals surface area contributed by atoms with E-state index in [4.69, 9.17) is 5.26 Å². The Morgan fingerprint density at radius 1 is 1.29 bits per heavy atom. The molecular formula is C18H15FN4O. The van der Waals surface area contributed by atoms with Gasteiger partial charge in [0.15, 0.2) is 0 Å². The largest absolute Gasteiger partial charge is 0.322 e. The fourth-order valence-electron chi connectivity index (χ4n) is 3.74. The Labute approximate surface area is 138 Å². The first-order valence-electron chi connectivity index (χ1n) is 7.90. The normalized spacial score (nSPS) is 21.1. The predicted molar refractivity (Wildman–Crippen MR) is 85.7 cm³/mol. The smallest absolute Gasteiger partial charge is 0.314 e. The van der Waals surface area contributed by atoms with Crippen LogP contribution < -0.4 is 5.32 Å². The molecule has 2 amide bonds. The first-order valence-corrected chi connectivity index (χ1v) is 7.90. The van der Waals surface area contributed by atoms with Crippen LogP contribution in [0.15, 0.2) is 36.5 Å². The van der Waals surface area contributed by atoms with Crippen molar-refractivity contribution in [1.29, 1.82) is 5.26 Å². The summed E-state index contributed by atoms with van der Waals surface area (Å²) < 4.78 is 13.9. The van der Waals surface area contributed by atoms with Crippen LogP contribution >= 0.6 is 0 Å². The van der Waals surface area contributed by atoms with Gasteiger partial charge in [-0.25, -0.2) is 9.78 Å². The van der Waals surface area contributed by atoms with E-state index in [0.717, 1.165) is 18.4 Å². The van der Waals surface area contributed by atoms with Crippen molar-refractivity contribution in [3.63, 3.8) is 0 Å². The Morgan fingerprint density at radius 2 is 2.08 bits per heavy atom. The standard InChI is InChI=1S/C18H15FN4O/c19-17-15-9-13-5-6-16(14(15)7-8-21-17)23(13)18(24)22-12-3-1-11(10-20)2-4-12/h1-4,7-8,13,16H,5-6,9H2,(H,22,24). The Bertz CT molecular complexity index is 843. The minimum Gasteiger partial charge on any atom is -0.314 e. The van der Waals surface area contributed by atoms with Crippen molar-refractivity contribution in [2.75, 3.05) is 5.32 Å². The van der Waals surface area contributed by atoms with Crippen LogP contribution in [0, 0.1) is 17.3 Å². The lowest BCUT2D eigenvalue weighted by Gasteiger charge is -2.36. The summed E-state index contributed by atoms with van der Waals surface area (Å²) in [6.07, 6.45) is 3.66. The van der Waals surface area contributed by atoms with Crippen molar-refractivity contribution in [2.24, 2.45) is 0 Å². The lowest BCUT2D eigenvalue weighted by atomic mass is 9.95. The number of nitriles is 1. The van der Waals surface area contributed by atoms with Crippen LogP contribution in [0.25, 0.3) is 0 Å². The third-order valence-corrected chi connectivity index (χ3v) is 4.84. The number of anilines is 1. The number of amides is 2. The SMILES string of the molecule is N#Cc1ccc(NC(=O)N2C3CCC2c2ccnc(F)c2C3)cc1. The molecule has 24 heavy (non-hydrogen) atoms. The minimum absolute atomic E-state index is 0.000387. The molecule has 120 valence electrons. The maximum absolute atomic E-state index is 13.9. The number of halogens is 1. The number of hydrogen-bond acceptors (Lipinski definition) is 3. The van der Waals surface area contributed by atoms with E-state index in [1.54, 1.807) is 24.3 Å². The Balaban J connectivity index is 1.58. The highest BCUT2D eigenvalue weighted by molar-refractivity contribution is 5.90. The van der Waals surface area contributed by atoms with E-state index in [1.807, 2.05) is 17.0 Å². The van der Waals surface area contributed by atoms with Gasteiger partial charge in [-0.3, -0.25) is 0 Å². The molecule has 1 aromatic carbocycles. The molecule has 0 saturated carbocycles. The van der Waals surface area contributed by atoms with Gasteiger partial charge in [0.2, 0.25) is 5.95 Å². The number of pyridine rings is 1. The van der Waals surface area contributed by atoms with Gasteiger partial charge < -0.3 is 10.2 Å². The summed E-state index contributed by atoms with van der Waals surface area (Å²) >= 11 is 0. The lowest BCUT2D eigenvalue weighted by molar-refractivity contribution is 0.178. The topological polar surface area (TPSA) is 69.0 Å². The van der Waals surface area contributed by atoms with E-state index in [-0.39, 0.29) is 18.1 Å². The van der Waals surface area contributed by atoms with Gasteiger partial charge >= 0.3 is 6.03 Å². The second-order valence-electron chi connectivity index (χ2n) is 6.15. The molecule has 1 fully saturated rings. The van der Waals surface area contributed by atoms with Crippen LogP contribution in [0.3, 0.4) is 0 Å². The molecule has 0 spiro atoms. The Hall–Kier alpha value is -2.94. The highest BCUT2D eigenvalue weighted by atomic mass is 19.1. The number of carbonyl (C=O) groups is 1. The lowest BCUT2D eigenvalue weighted by Crippen LogP contribution is -2.44. The maximum Gasteiger partial charge on any atom is 0.322 e. The van der Waals surface area contributed by atoms with Crippen LogP contribution in [0.5, 0.6) is 0 Å². The molecular weight excluding hydrogens is 307 g/mol. The van der Waals surface area contributed by atoms with Crippen molar-refractivity contribution in [1.82, 2.24) is 9.88 Å². The summed E-state index contributed by atoms with van der Waals surface area (Å²) in [6.45, 7) is 0. The van der Waals surface area contributed by atoms with E-state index in [1.165, 1.54) is 6.20 Å². The fourth-order valence-corrected chi connectivity index (χ4v) is 3.74. The van der Waals surface area contributed by atoms with Gasteiger partial charge in [0.1, 0.15) is 0 Å². The van der Waals surface area contributed by atoms with Crippen LogP contribution in [0.4, 0.5) is 14.9 Å². The van der Waals surface area contributed by atoms with Gasteiger partial charge in [-0.05, 0) is 55.2 Å². The quantitative estimate of drug-likeness (QED) is 0.818. The number of aromatic nitrogens is 1. The molecule has 6 heteroatoms. The van der Waals surface area contributed by atoms with Crippen molar-refractivity contribution in [2.45, 2.75) is 31.3 Å². The summed E-state index contributed by atoms with van der Waals surface area (Å²) in [6, 6.07) is 10.3. The molecule has 0 aliphatic carbocycles. The predicted octanol–water partition coefficient (Wildman–Crippen LogP) is 3.39. The molecule has 2 aliphatic heterocycles. The summed E-state index contributed by atoms with van der Waals surface area (Å²) in [5.74, 6) is -0.420. The molecule has 4 rings (SSSR count). The second-order valence-corrected chi connectivity index (χ2v) is 6.15. The van der Waals surface area contributed by atoms with E-state index >= 15 is 0 Å². The second kappa shape index (κ2) is 5.60. The number of carbonyl (C=O) groups excluding carboxylic acids is 1. The van der Waals surface area contributed by atoms with Gasteiger partial charge in [-0.15, -0.1) is 0 Å². The zero-order valence-electron chi connectivity index (χ0n) is 12.9. The van der Waals surface area contributed by atoms with Crippen molar-refractivity contribution in [3.05, 3.63) is 59.2 Å². The van der Waals surface area contributed by atoms with E-state index in [9.17, 15) is 9.18 Å². The van der Waals surface area contributed by atoms with Gasteiger partial charge in [0.25, 0.3) is 0 Å². The van der Waals surface area contributed by atoms with Gasteiger partial charge in [-0.1, -0.05) is 0 Å². The zero-order valence-corrected chi connectivity index (χ0v) is 12.9. The summed E-state index contributed by atoms with van der Waals surface area (Å²) in [5.41, 5.74) is 2.70. The summed E-state index contributed by atoms with van der Waals surface area (Å²) in [5, 5.41) is 11.7. The number of fused-ring (bicyclic) bond motifs is 4. The zero-order chi connectivity index (χ0) is 16.7. The molecule has 2 unspecified atom stereocenters. The number of rotatable bonds is 1. The molecule has 0 radical (unpaired) electrons. The first kappa shape index (κ1) is 14.6. The molecule has 2 atom stereocenters. The Kier molecular flexibility index (Phi) is 3.42. The van der Waals surface area contributed by atoms with Crippen molar-refractivity contribution >= 4 is 11.7 Å². The van der Waals surface area contributed by atoms with Gasteiger partial charge in [-0.2, -0.15) is 9.65 Å². The van der Waals surface area contributed by atoms with Crippen LogP contribution in [-0.4, -0.2) is 22.0 Å². The number of benzene rings is 1. The minimum atomic E-state index is -0.420. The molecule has 2 aromatic rings. The molecule has 1 saturated heterocycles. The summed E-state index contributed by atoms with van der Waals surface area (Å²) in [7, 11) is 0. The third-order valence-electron chi connectivity index (χ3n) is 4.84. The highest BCUT2D eigenvalue weighted by Gasteiger charge is 2.43. The van der Waals surface area contributed by atoms with Gasteiger partial charge in [0, 0.05) is 23.5 Å². The third kappa shape index (κ3) is 2.29. The molecule has 1 N–H and O–H groups in total. The summed E-state index contributed by atoms with van der Waals surface area (Å²) in [4.78, 5) is 18.3. The van der Waals surface area contributed by atoms with Crippen LogP contribution in [-0.2, 0) is 6.42 Å². The Morgan fingerprint density at radius 3 is 2.83 bits per heavy atom. The molecule has 5 nitrogen and oxygen atoms in total. The van der Waals surface area contributed by atoms with E-state index in [2.05, 4.69) is 10.3 Å². The van der Waals surface area contributed by atoms with Crippen LogP contribution in [0.2, 0.25) is 0 Å². The fraction of sp³-hybridized carbons (Fsp3) is 0.278. The van der Waals surface area contributed by atoms with Crippen molar-refractivity contribution in [3.8, 4) is 6.07 Å². The number of hydrogen-bond donors (Lipinski definition) is 1. The molecule has 2 bridgehead atoms. The maximum atomic E-state index is 13.9. The number of urea groups is 1. The molecule has 2 aliphatic rings. The highest BCUT2D eigenvalue weighted by Crippen LogP contribution is 2.44. The average molecular weight is 322 g/mol. The molecule has 3 heterocycles. The van der Waals surface area contributed by atoms with Crippen molar-refractivity contribution < 1.29 is 9.18 Å². The van der Waals surface area contributed by atoms with E-state index < -0.39 is 5.95 Å².